The number of rotatable bonds is 7. The van der Waals surface area contributed by atoms with Crippen LogP contribution in [0.5, 0.6) is 11.5 Å². The summed E-state index contributed by atoms with van der Waals surface area (Å²) in [5.74, 6) is 2.44. The summed E-state index contributed by atoms with van der Waals surface area (Å²) in [6.07, 6.45) is 3.50. The Labute approximate surface area is 158 Å². The molecular weight excluding hydrogens is 352 g/mol. The van der Waals surface area contributed by atoms with Gasteiger partial charge in [0.05, 0.1) is 0 Å². The zero-order valence-electron chi connectivity index (χ0n) is 14.8. The molecule has 1 aliphatic heterocycles. The SMILES string of the molecule is CCNC(=NCCc1ccc2c(c1)OCO2)NCCc1ccc(Cl)nc1. The van der Waals surface area contributed by atoms with Crippen LogP contribution >= 0.6 is 11.6 Å². The average molecular weight is 375 g/mol. The minimum absolute atomic E-state index is 0.300. The van der Waals surface area contributed by atoms with Crippen LogP contribution < -0.4 is 20.1 Å². The molecule has 3 rings (SSSR count). The van der Waals surface area contributed by atoms with Gasteiger partial charge in [0.1, 0.15) is 5.15 Å². The van der Waals surface area contributed by atoms with Crippen molar-refractivity contribution >= 4 is 17.6 Å². The van der Waals surface area contributed by atoms with Gasteiger partial charge < -0.3 is 20.1 Å². The molecule has 0 radical (unpaired) electrons. The van der Waals surface area contributed by atoms with Crippen LogP contribution in [0.4, 0.5) is 0 Å². The monoisotopic (exact) mass is 374 g/mol. The second-order valence-corrected chi connectivity index (χ2v) is 6.25. The highest BCUT2D eigenvalue weighted by atomic mass is 35.5. The number of nitrogens with one attached hydrogen (secondary N) is 2. The second kappa shape index (κ2) is 9.29. The van der Waals surface area contributed by atoms with Crippen molar-refractivity contribution in [2.45, 2.75) is 19.8 Å². The number of pyridine rings is 1. The van der Waals surface area contributed by atoms with E-state index in [1.165, 1.54) is 5.56 Å². The van der Waals surface area contributed by atoms with E-state index in [0.717, 1.165) is 49.0 Å². The molecule has 2 aromatic rings. The molecule has 0 atom stereocenters. The van der Waals surface area contributed by atoms with Gasteiger partial charge in [0.2, 0.25) is 6.79 Å². The minimum Gasteiger partial charge on any atom is -0.454 e. The molecule has 26 heavy (non-hydrogen) atoms. The summed E-state index contributed by atoms with van der Waals surface area (Å²) in [5.41, 5.74) is 2.32. The van der Waals surface area contributed by atoms with Crippen LogP contribution in [-0.4, -0.2) is 37.4 Å². The van der Waals surface area contributed by atoms with Gasteiger partial charge in [0, 0.05) is 25.8 Å². The molecule has 0 saturated carbocycles. The molecule has 1 aromatic carbocycles. The van der Waals surface area contributed by atoms with Crippen LogP contribution in [0.3, 0.4) is 0 Å². The van der Waals surface area contributed by atoms with Gasteiger partial charge in [-0.15, -0.1) is 0 Å². The van der Waals surface area contributed by atoms with Crippen LogP contribution in [0.2, 0.25) is 5.15 Å². The third kappa shape index (κ3) is 5.26. The molecule has 0 saturated heterocycles. The maximum absolute atomic E-state index is 5.81. The van der Waals surface area contributed by atoms with E-state index in [4.69, 9.17) is 21.1 Å². The molecule has 7 heteroatoms. The first-order chi connectivity index (χ1) is 12.7. The van der Waals surface area contributed by atoms with Gasteiger partial charge >= 0.3 is 0 Å². The van der Waals surface area contributed by atoms with E-state index < -0.39 is 0 Å². The fraction of sp³-hybridized carbons (Fsp3) is 0.368. The summed E-state index contributed by atoms with van der Waals surface area (Å²) in [4.78, 5) is 8.73. The predicted octanol–water partition coefficient (Wildman–Crippen LogP) is 2.80. The number of aliphatic imine (C=N–C) groups is 1. The third-order valence-corrected chi connectivity index (χ3v) is 4.17. The van der Waals surface area contributed by atoms with E-state index in [-0.39, 0.29) is 0 Å². The molecular formula is C19H23ClN4O2. The minimum atomic E-state index is 0.300. The highest BCUT2D eigenvalue weighted by molar-refractivity contribution is 6.29. The number of fused-ring (bicyclic) bond motifs is 1. The lowest BCUT2D eigenvalue weighted by atomic mass is 10.1. The van der Waals surface area contributed by atoms with Crippen molar-refractivity contribution < 1.29 is 9.47 Å². The molecule has 0 amide bonds. The van der Waals surface area contributed by atoms with Crippen LogP contribution in [0, 0.1) is 0 Å². The standard InChI is InChI=1S/C19H23ClN4O2/c1-2-21-19(23-10-8-15-4-6-18(20)24-12-15)22-9-7-14-3-5-16-17(11-14)26-13-25-16/h3-6,11-12H,2,7-10,13H2,1H3,(H2,21,22,23). The highest BCUT2D eigenvalue weighted by Crippen LogP contribution is 2.32. The lowest BCUT2D eigenvalue weighted by Gasteiger charge is -2.11. The maximum atomic E-state index is 5.81. The Morgan fingerprint density at radius 1 is 1.12 bits per heavy atom. The zero-order chi connectivity index (χ0) is 18.2. The van der Waals surface area contributed by atoms with E-state index in [0.29, 0.717) is 18.5 Å². The number of hydrogen-bond acceptors (Lipinski definition) is 4. The lowest BCUT2D eigenvalue weighted by molar-refractivity contribution is 0.174. The number of halogens is 1. The average Bonchev–Trinajstić information content (AvgIpc) is 3.11. The summed E-state index contributed by atoms with van der Waals surface area (Å²) < 4.78 is 10.7. The molecule has 0 bridgehead atoms. The quantitative estimate of drug-likeness (QED) is 0.443. The number of nitrogens with zero attached hydrogens (tertiary/aromatic N) is 2. The Balaban J connectivity index is 1.47. The zero-order valence-corrected chi connectivity index (χ0v) is 15.6. The van der Waals surface area contributed by atoms with Gasteiger partial charge in [-0.1, -0.05) is 23.7 Å². The van der Waals surface area contributed by atoms with Crippen LogP contribution in [-0.2, 0) is 12.8 Å². The number of hydrogen-bond donors (Lipinski definition) is 2. The molecule has 1 aromatic heterocycles. The first-order valence-corrected chi connectivity index (χ1v) is 9.13. The lowest BCUT2D eigenvalue weighted by Crippen LogP contribution is -2.38. The topological polar surface area (TPSA) is 67.8 Å². The number of aromatic nitrogens is 1. The molecule has 0 spiro atoms. The Morgan fingerprint density at radius 2 is 1.96 bits per heavy atom. The van der Waals surface area contributed by atoms with E-state index in [9.17, 15) is 0 Å². The van der Waals surface area contributed by atoms with E-state index in [2.05, 4.69) is 33.6 Å². The van der Waals surface area contributed by atoms with Gasteiger partial charge in [-0.3, -0.25) is 4.99 Å². The molecule has 0 fully saturated rings. The van der Waals surface area contributed by atoms with E-state index in [1.54, 1.807) is 6.20 Å². The Kier molecular flexibility index (Phi) is 6.55. The molecule has 2 N–H and O–H groups in total. The molecule has 138 valence electrons. The Morgan fingerprint density at radius 3 is 2.77 bits per heavy atom. The molecule has 6 nitrogen and oxygen atoms in total. The summed E-state index contributed by atoms with van der Waals surface area (Å²) in [6, 6.07) is 9.82. The van der Waals surface area contributed by atoms with E-state index in [1.807, 2.05) is 24.3 Å². The van der Waals surface area contributed by atoms with E-state index >= 15 is 0 Å². The first-order valence-electron chi connectivity index (χ1n) is 8.75. The number of benzene rings is 1. The van der Waals surface area contributed by atoms with Gasteiger partial charge in [-0.2, -0.15) is 0 Å². The predicted molar refractivity (Wildman–Crippen MR) is 103 cm³/mol. The van der Waals surface area contributed by atoms with Crippen molar-refractivity contribution in [3.05, 3.63) is 52.8 Å². The number of ether oxygens (including phenoxy) is 2. The summed E-state index contributed by atoms with van der Waals surface area (Å²) in [6.45, 7) is 4.64. The van der Waals surface area contributed by atoms with Crippen LogP contribution in [0.25, 0.3) is 0 Å². The fourth-order valence-corrected chi connectivity index (χ4v) is 2.73. The van der Waals surface area contributed by atoms with Crippen molar-refractivity contribution in [1.29, 1.82) is 0 Å². The van der Waals surface area contributed by atoms with Crippen molar-refractivity contribution in [2.24, 2.45) is 4.99 Å². The molecule has 2 heterocycles. The van der Waals surface area contributed by atoms with Gasteiger partial charge in [-0.25, -0.2) is 4.98 Å². The van der Waals surface area contributed by atoms with Crippen molar-refractivity contribution in [1.82, 2.24) is 15.6 Å². The fourth-order valence-electron chi connectivity index (χ4n) is 2.61. The normalized spacial score (nSPS) is 12.9. The molecule has 1 aliphatic rings. The Hall–Kier alpha value is -2.47. The Bertz CT molecular complexity index is 750. The largest absolute Gasteiger partial charge is 0.454 e. The van der Waals surface area contributed by atoms with Crippen LogP contribution in [0.1, 0.15) is 18.1 Å². The van der Waals surface area contributed by atoms with Crippen LogP contribution in [0.15, 0.2) is 41.5 Å². The maximum Gasteiger partial charge on any atom is 0.231 e. The van der Waals surface area contributed by atoms with Gasteiger partial charge in [0.15, 0.2) is 17.5 Å². The van der Waals surface area contributed by atoms with Crippen molar-refractivity contribution in [3.63, 3.8) is 0 Å². The first kappa shape index (κ1) is 18.3. The second-order valence-electron chi connectivity index (χ2n) is 5.86. The van der Waals surface area contributed by atoms with Crippen molar-refractivity contribution in [2.75, 3.05) is 26.4 Å². The smallest absolute Gasteiger partial charge is 0.231 e. The van der Waals surface area contributed by atoms with Gasteiger partial charge in [-0.05, 0) is 49.1 Å². The van der Waals surface area contributed by atoms with Crippen molar-refractivity contribution in [3.8, 4) is 11.5 Å². The molecule has 0 aliphatic carbocycles. The number of guanidine groups is 1. The third-order valence-electron chi connectivity index (χ3n) is 3.95. The summed E-state index contributed by atoms with van der Waals surface area (Å²) >= 11 is 5.81. The van der Waals surface area contributed by atoms with Gasteiger partial charge in [0.25, 0.3) is 0 Å². The molecule has 0 unspecified atom stereocenters. The summed E-state index contributed by atoms with van der Waals surface area (Å²) in [5, 5.41) is 7.12. The summed E-state index contributed by atoms with van der Waals surface area (Å²) in [7, 11) is 0. The highest BCUT2D eigenvalue weighted by Gasteiger charge is 2.12.